The highest BCUT2D eigenvalue weighted by Gasteiger charge is 2.22. The Morgan fingerprint density at radius 2 is 1.92 bits per heavy atom. The topological polar surface area (TPSA) is 41.5 Å². The maximum absolute atomic E-state index is 5.39. The number of hydrogen-bond donors (Lipinski definition) is 0. The lowest BCUT2D eigenvalue weighted by molar-refractivity contribution is 0.414. The molecular weight excluding hydrogens is 312 g/mol. The maximum Gasteiger partial charge on any atom is 0.227 e. The lowest BCUT2D eigenvalue weighted by Crippen LogP contribution is -2.26. The van der Waals surface area contributed by atoms with Crippen LogP contribution in [0.5, 0.6) is 5.75 Å². The molecule has 3 aromatic rings. The van der Waals surface area contributed by atoms with Gasteiger partial charge in [0.05, 0.1) is 12.6 Å². The van der Waals surface area contributed by atoms with E-state index in [1.807, 2.05) is 43.3 Å². The van der Waals surface area contributed by atoms with Gasteiger partial charge in [0.2, 0.25) is 5.95 Å². The van der Waals surface area contributed by atoms with Crippen molar-refractivity contribution in [2.24, 2.45) is 0 Å². The van der Waals surface area contributed by atoms with Gasteiger partial charge in [-0.2, -0.15) is 4.98 Å². The van der Waals surface area contributed by atoms with Crippen molar-refractivity contribution in [1.82, 2.24) is 9.97 Å². The van der Waals surface area contributed by atoms with Crippen molar-refractivity contribution in [3.63, 3.8) is 0 Å². The van der Waals surface area contributed by atoms with Crippen LogP contribution in [0.4, 0.5) is 17.5 Å². The molecule has 25 heavy (non-hydrogen) atoms. The molecule has 1 aromatic heterocycles. The molecule has 0 bridgehead atoms. The number of methoxy groups -OCH3 is 1. The zero-order chi connectivity index (χ0) is 17.4. The standard InChI is InChI=1S/C20H22N4O/c1-23(2)20-21-17-9-5-4-8-16(17)19(22-20)24-12-6-7-14-13-15(25-3)10-11-18(14)24/h4-5,8-11,13H,6-7,12H2,1-3H3. The van der Waals surface area contributed by atoms with Gasteiger partial charge in [-0.15, -0.1) is 0 Å². The van der Waals surface area contributed by atoms with Crippen molar-refractivity contribution < 1.29 is 4.74 Å². The van der Waals surface area contributed by atoms with Gasteiger partial charge in [-0.3, -0.25) is 0 Å². The molecule has 0 unspecified atom stereocenters. The number of benzene rings is 2. The van der Waals surface area contributed by atoms with E-state index in [1.54, 1.807) is 7.11 Å². The van der Waals surface area contributed by atoms with Gasteiger partial charge >= 0.3 is 0 Å². The molecule has 0 radical (unpaired) electrons. The quantitative estimate of drug-likeness (QED) is 0.729. The second-order valence-electron chi connectivity index (χ2n) is 6.51. The van der Waals surface area contributed by atoms with Crippen molar-refractivity contribution in [3.8, 4) is 5.75 Å². The smallest absolute Gasteiger partial charge is 0.227 e. The first-order chi connectivity index (χ1) is 12.2. The van der Waals surface area contributed by atoms with Gasteiger partial charge in [0.25, 0.3) is 0 Å². The summed E-state index contributed by atoms with van der Waals surface area (Å²) in [6.45, 7) is 0.952. The molecule has 0 aliphatic carbocycles. The molecule has 1 aliphatic heterocycles. The summed E-state index contributed by atoms with van der Waals surface area (Å²) in [5, 5.41) is 1.08. The van der Waals surface area contributed by atoms with Crippen LogP contribution >= 0.6 is 0 Å². The van der Waals surface area contributed by atoms with E-state index >= 15 is 0 Å². The van der Waals surface area contributed by atoms with Crippen LogP contribution in [0.15, 0.2) is 42.5 Å². The molecule has 2 aromatic carbocycles. The van der Waals surface area contributed by atoms with Crippen LogP contribution in [0.25, 0.3) is 10.9 Å². The molecule has 128 valence electrons. The predicted octanol–water partition coefficient (Wildman–Crippen LogP) is 3.79. The van der Waals surface area contributed by atoms with E-state index in [9.17, 15) is 0 Å². The minimum absolute atomic E-state index is 0.731. The number of para-hydroxylation sites is 1. The Balaban J connectivity index is 1.91. The first-order valence-corrected chi connectivity index (χ1v) is 8.56. The highest BCUT2D eigenvalue weighted by atomic mass is 16.5. The second kappa shape index (κ2) is 6.24. The van der Waals surface area contributed by atoms with E-state index < -0.39 is 0 Å². The Bertz CT molecular complexity index is 923. The van der Waals surface area contributed by atoms with E-state index in [-0.39, 0.29) is 0 Å². The number of hydrogen-bond acceptors (Lipinski definition) is 5. The zero-order valence-corrected chi connectivity index (χ0v) is 14.9. The molecule has 0 saturated carbocycles. The van der Waals surface area contributed by atoms with E-state index in [4.69, 9.17) is 9.72 Å². The molecule has 1 aliphatic rings. The van der Waals surface area contributed by atoms with Gasteiger partial charge in [0, 0.05) is 31.7 Å². The number of rotatable bonds is 3. The monoisotopic (exact) mass is 334 g/mol. The summed E-state index contributed by atoms with van der Waals surface area (Å²) in [5.41, 5.74) is 3.48. The third-order valence-electron chi connectivity index (χ3n) is 4.63. The van der Waals surface area contributed by atoms with Crippen molar-refractivity contribution in [2.45, 2.75) is 12.8 Å². The molecular formula is C20H22N4O. The maximum atomic E-state index is 5.39. The summed E-state index contributed by atoms with van der Waals surface area (Å²) in [5.74, 6) is 2.61. The summed E-state index contributed by atoms with van der Waals surface area (Å²) >= 11 is 0. The van der Waals surface area contributed by atoms with Gasteiger partial charge in [-0.1, -0.05) is 12.1 Å². The van der Waals surface area contributed by atoms with Crippen LogP contribution in [-0.4, -0.2) is 37.7 Å². The Morgan fingerprint density at radius 1 is 1.08 bits per heavy atom. The highest BCUT2D eigenvalue weighted by molar-refractivity contribution is 5.93. The number of fused-ring (bicyclic) bond motifs is 2. The van der Waals surface area contributed by atoms with Crippen LogP contribution in [0.1, 0.15) is 12.0 Å². The van der Waals surface area contributed by atoms with Gasteiger partial charge in [0.1, 0.15) is 11.6 Å². The molecule has 0 spiro atoms. The average Bonchev–Trinajstić information content (AvgIpc) is 2.66. The van der Waals surface area contributed by atoms with E-state index in [1.165, 1.54) is 11.3 Å². The van der Waals surface area contributed by atoms with Crippen LogP contribution in [0.2, 0.25) is 0 Å². The number of aromatic nitrogens is 2. The molecule has 0 saturated heterocycles. The van der Waals surface area contributed by atoms with Crippen LogP contribution in [0.3, 0.4) is 0 Å². The molecule has 0 atom stereocenters. The molecule has 0 fully saturated rings. The molecule has 0 amide bonds. The summed E-state index contributed by atoms with van der Waals surface area (Å²) < 4.78 is 5.39. The van der Waals surface area contributed by atoms with E-state index in [2.05, 4.69) is 28.1 Å². The lowest BCUT2D eigenvalue weighted by Gasteiger charge is -2.32. The molecule has 4 rings (SSSR count). The van der Waals surface area contributed by atoms with Crippen LogP contribution < -0.4 is 14.5 Å². The van der Waals surface area contributed by atoms with Crippen molar-refractivity contribution in [2.75, 3.05) is 37.5 Å². The van der Waals surface area contributed by atoms with Crippen LogP contribution in [-0.2, 0) is 6.42 Å². The van der Waals surface area contributed by atoms with Gasteiger partial charge in [-0.05, 0) is 48.7 Å². The molecule has 2 heterocycles. The Morgan fingerprint density at radius 3 is 2.72 bits per heavy atom. The molecule has 0 N–H and O–H groups in total. The summed E-state index contributed by atoms with van der Waals surface area (Å²) in [7, 11) is 5.66. The fraction of sp³-hybridized carbons (Fsp3) is 0.300. The molecule has 5 heteroatoms. The van der Waals surface area contributed by atoms with Gasteiger partial charge in [0.15, 0.2) is 0 Å². The van der Waals surface area contributed by atoms with Gasteiger partial charge < -0.3 is 14.5 Å². The number of nitrogens with zero attached hydrogens (tertiary/aromatic N) is 4. The summed E-state index contributed by atoms with van der Waals surface area (Å²) in [6, 6.07) is 14.5. The Labute approximate surface area is 147 Å². The lowest BCUT2D eigenvalue weighted by atomic mass is 10.0. The van der Waals surface area contributed by atoms with Crippen molar-refractivity contribution in [3.05, 3.63) is 48.0 Å². The Kier molecular flexibility index (Phi) is 3.92. The second-order valence-corrected chi connectivity index (χ2v) is 6.51. The minimum Gasteiger partial charge on any atom is -0.497 e. The van der Waals surface area contributed by atoms with E-state index in [0.29, 0.717) is 0 Å². The molecule has 5 nitrogen and oxygen atoms in total. The Hall–Kier alpha value is -2.82. The van der Waals surface area contributed by atoms with Crippen molar-refractivity contribution >= 4 is 28.4 Å². The number of aryl methyl sites for hydroxylation is 1. The third kappa shape index (κ3) is 2.76. The normalized spacial score (nSPS) is 13.6. The zero-order valence-electron chi connectivity index (χ0n) is 14.9. The number of ether oxygens (including phenoxy) is 1. The average molecular weight is 334 g/mol. The van der Waals surface area contributed by atoms with Crippen LogP contribution in [0, 0.1) is 0 Å². The fourth-order valence-corrected chi connectivity index (χ4v) is 3.37. The highest BCUT2D eigenvalue weighted by Crippen LogP contribution is 2.37. The van der Waals surface area contributed by atoms with Gasteiger partial charge in [-0.25, -0.2) is 4.98 Å². The summed E-state index contributed by atoms with van der Waals surface area (Å²) in [6.07, 6.45) is 2.16. The number of anilines is 3. The van der Waals surface area contributed by atoms with Crippen molar-refractivity contribution in [1.29, 1.82) is 0 Å². The first-order valence-electron chi connectivity index (χ1n) is 8.56. The fourth-order valence-electron chi connectivity index (χ4n) is 3.37. The third-order valence-corrected chi connectivity index (χ3v) is 4.63. The largest absolute Gasteiger partial charge is 0.497 e. The van der Waals surface area contributed by atoms with E-state index in [0.717, 1.165) is 47.8 Å². The first kappa shape index (κ1) is 15.7. The SMILES string of the molecule is COc1ccc2c(c1)CCCN2c1nc(N(C)C)nc2ccccc12. The predicted molar refractivity (Wildman–Crippen MR) is 102 cm³/mol. The minimum atomic E-state index is 0.731. The summed E-state index contributed by atoms with van der Waals surface area (Å²) in [4.78, 5) is 13.8.